The number of carbonyl (C=O) groups is 1. The smallest absolute Gasteiger partial charge is 0.421 e. The number of fused-ring (bicyclic) bond motifs is 1. The van der Waals surface area contributed by atoms with Gasteiger partial charge in [-0.1, -0.05) is 24.3 Å². The van der Waals surface area contributed by atoms with Gasteiger partial charge in [-0.05, 0) is 24.3 Å². The number of rotatable bonds is 8. The fourth-order valence-corrected chi connectivity index (χ4v) is 5.29. The van der Waals surface area contributed by atoms with Crippen molar-refractivity contribution in [3.8, 4) is 5.75 Å². The van der Waals surface area contributed by atoms with Crippen LogP contribution in [-0.2, 0) is 23.8 Å². The van der Waals surface area contributed by atoms with Crippen LogP contribution in [0.1, 0.15) is 11.8 Å². The summed E-state index contributed by atoms with van der Waals surface area (Å²) < 4.78 is 83.3. The van der Waals surface area contributed by atoms with Crippen LogP contribution in [0.5, 0.6) is 5.75 Å². The third-order valence-corrected chi connectivity index (χ3v) is 7.19. The molecule has 1 saturated heterocycles. The Labute approximate surface area is 217 Å². The van der Waals surface area contributed by atoms with Gasteiger partial charge in [0, 0.05) is 43.6 Å². The Morgan fingerprint density at radius 3 is 2.39 bits per heavy atom. The summed E-state index contributed by atoms with van der Waals surface area (Å²) in [4.78, 5) is 19.0. The van der Waals surface area contributed by atoms with E-state index < -0.39 is 39.0 Å². The molecule has 3 aromatic rings. The normalized spacial score (nSPS) is 15.8. The van der Waals surface area contributed by atoms with Gasteiger partial charge in [0.15, 0.2) is 0 Å². The summed E-state index contributed by atoms with van der Waals surface area (Å²) in [5, 5.41) is 0.752. The zero-order valence-corrected chi connectivity index (χ0v) is 21.5. The van der Waals surface area contributed by atoms with Crippen LogP contribution in [0.15, 0.2) is 59.6 Å². The van der Waals surface area contributed by atoms with Gasteiger partial charge in [0.2, 0.25) is 6.10 Å². The van der Waals surface area contributed by atoms with E-state index in [0.717, 1.165) is 18.3 Å². The van der Waals surface area contributed by atoms with E-state index in [2.05, 4.69) is 4.98 Å². The highest BCUT2D eigenvalue weighted by Gasteiger charge is 2.46. The Balaban J connectivity index is 1.56. The van der Waals surface area contributed by atoms with Crippen molar-refractivity contribution >= 4 is 32.5 Å². The Morgan fingerprint density at radius 2 is 1.76 bits per heavy atom. The third-order valence-electron chi connectivity index (χ3n) is 5.85. The molecule has 1 atom stereocenters. The Morgan fingerprint density at radius 1 is 1.08 bits per heavy atom. The number of morpholine rings is 1. The summed E-state index contributed by atoms with van der Waals surface area (Å²) in [5.74, 6) is -0.693. The van der Waals surface area contributed by atoms with Crippen molar-refractivity contribution in [2.45, 2.75) is 17.2 Å². The highest BCUT2D eigenvalue weighted by Crippen LogP contribution is 2.39. The first-order valence-electron chi connectivity index (χ1n) is 11.6. The lowest BCUT2D eigenvalue weighted by molar-refractivity contribution is -0.197. The molecule has 13 heteroatoms. The summed E-state index contributed by atoms with van der Waals surface area (Å²) in [6, 6.07) is 11.2. The lowest BCUT2D eigenvalue weighted by Gasteiger charge is -2.25. The zero-order valence-electron chi connectivity index (χ0n) is 20.6. The molecule has 0 spiro atoms. The molecule has 1 fully saturated rings. The minimum Gasteiger partial charge on any atom is -0.424 e. The number of ether oxygens (including phenoxy) is 2. The van der Waals surface area contributed by atoms with Crippen LogP contribution in [0.25, 0.3) is 10.8 Å². The van der Waals surface area contributed by atoms with E-state index in [-0.39, 0.29) is 17.7 Å². The quantitative estimate of drug-likeness (QED) is 0.306. The maximum atomic E-state index is 14.0. The van der Waals surface area contributed by atoms with Crippen LogP contribution >= 0.6 is 0 Å². The highest BCUT2D eigenvalue weighted by atomic mass is 32.2. The molecule has 0 bridgehead atoms. The predicted molar refractivity (Wildman–Crippen MR) is 132 cm³/mol. The number of nitrogens with zero attached hydrogens (tertiary/aromatic N) is 3. The molecule has 0 aliphatic carbocycles. The average Bonchev–Trinajstić information content (AvgIpc) is 2.87. The molecule has 204 valence electrons. The molecule has 1 aromatic heterocycles. The van der Waals surface area contributed by atoms with Gasteiger partial charge in [0.05, 0.1) is 31.6 Å². The van der Waals surface area contributed by atoms with Gasteiger partial charge in [-0.2, -0.15) is 21.6 Å². The van der Waals surface area contributed by atoms with Crippen molar-refractivity contribution in [1.82, 2.24) is 9.88 Å². The molecule has 9 nitrogen and oxygen atoms in total. The SMILES string of the molecule is CN(C)c1cccc2c(S(=O)(=O)OC(c3ccc(OC(=O)CN4CCOCC4)cn3)C(F)(F)F)cccc12. The zero-order chi connectivity index (χ0) is 27.5. The largest absolute Gasteiger partial charge is 0.424 e. The minimum absolute atomic E-state index is 0.0157. The van der Waals surface area contributed by atoms with Crippen molar-refractivity contribution in [2.75, 3.05) is 51.8 Å². The molecular formula is C25H26F3N3O6S. The molecule has 38 heavy (non-hydrogen) atoms. The van der Waals surface area contributed by atoms with Crippen molar-refractivity contribution < 1.29 is 40.0 Å². The van der Waals surface area contributed by atoms with Crippen LogP contribution in [0.4, 0.5) is 18.9 Å². The summed E-state index contributed by atoms with van der Waals surface area (Å²) in [5.41, 5.74) is -0.0179. The number of esters is 1. The maximum absolute atomic E-state index is 14.0. The van der Waals surface area contributed by atoms with E-state index in [9.17, 15) is 26.4 Å². The Kier molecular flexibility index (Phi) is 8.21. The van der Waals surface area contributed by atoms with E-state index in [0.29, 0.717) is 37.4 Å². The molecule has 4 rings (SSSR count). The molecule has 0 radical (unpaired) electrons. The Bertz CT molecular complexity index is 1390. The van der Waals surface area contributed by atoms with Crippen LogP contribution in [0.2, 0.25) is 0 Å². The first-order valence-corrected chi connectivity index (χ1v) is 13.0. The van der Waals surface area contributed by atoms with Gasteiger partial charge >= 0.3 is 12.1 Å². The van der Waals surface area contributed by atoms with E-state index in [1.165, 1.54) is 18.2 Å². The second-order valence-electron chi connectivity index (χ2n) is 8.78. The molecule has 0 saturated carbocycles. The summed E-state index contributed by atoms with van der Waals surface area (Å²) >= 11 is 0. The monoisotopic (exact) mass is 553 g/mol. The number of benzene rings is 2. The average molecular weight is 554 g/mol. The van der Waals surface area contributed by atoms with Gasteiger partial charge in [0.1, 0.15) is 10.6 Å². The van der Waals surface area contributed by atoms with Gasteiger partial charge in [-0.3, -0.25) is 14.7 Å². The van der Waals surface area contributed by atoms with E-state index in [1.807, 2.05) is 4.90 Å². The van der Waals surface area contributed by atoms with E-state index >= 15 is 0 Å². The van der Waals surface area contributed by atoms with Crippen molar-refractivity contribution in [3.63, 3.8) is 0 Å². The van der Waals surface area contributed by atoms with Crippen LogP contribution in [0, 0.1) is 0 Å². The highest BCUT2D eigenvalue weighted by molar-refractivity contribution is 7.87. The van der Waals surface area contributed by atoms with Crippen LogP contribution in [0.3, 0.4) is 0 Å². The van der Waals surface area contributed by atoms with Crippen molar-refractivity contribution in [3.05, 3.63) is 60.4 Å². The molecule has 1 unspecified atom stereocenters. The van der Waals surface area contributed by atoms with Crippen LogP contribution < -0.4 is 9.64 Å². The van der Waals surface area contributed by atoms with E-state index in [4.69, 9.17) is 13.7 Å². The first-order chi connectivity index (χ1) is 18.0. The number of aromatic nitrogens is 1. The number of alkyl halides is 3. The van der Waals surface area contributed by atoms with Gasteiger partial charge in [-0.15, -0.1) is 0 Å². The summed E-state index contributed by atoms with van der Waals surface area (Å²) in [6.07, 6.45) is -7.06. The second-order valence-corrected chi connectivity index (χ2v) is 10.3. The number of anilines is 1. The van der Waals surface area contributed by atoms with Crippen LogP contribution in [-0.4, -0.2) is 77.4 Å². The standard InChI is InChI=1S/C25H26F3N3O6S/c1-30(2)21-7-3-6-19-18(21)5-4-8-22(19)38(33,34)37-24(25(26,27)28)20-10-9-17(15-29-20)36-23(32)16-31-11-13-35-14-12-31/h3-10,15,24H,11-14,16H2,1-2H3. The maximum Gasteiger partial charge on any atom is 0.421 e. The van der Waals surface area contributed by atoms with Crippen molar-refractivity contribution in [1.29, 1.82) is 0 Å². The van der Waals surface area contributed by atoms with Gasteiger partial charge in [0.25, 0.3) is 10.1 Å². The van der Waals surface area contributed by atoms with Crippen molar-refractivity contribution in [2.24, 2.45) is 0 Å². The number of carbonyl (C=O) groups excluding carboxylic acids is 1. The molecule has 1 aliphatic rings. The first kappa shape index (κ1) is 27.8. The third kappa shape index (κ3) is 6.41. The molecule has 2 heterocycles. The second kappa shape index (κ2) is 11.2. The lowest BCUT2D eigenvalue weighted by Crippen LogP contribution is -2.40. The van der Waals surface area contributed by atoms with Gasteiger partial charge < -0.3 is 14.4 Å². The molecule has 0 N–H and O–H groups in total. The fraction of sp³-hybridized carbons (Fsp3) is 0.360. The Hall–Kier alpha value is -3.26. The molecule has 0 amide bonds. The van der Waals surface area contributed by atoms with E-state index in [1.54, 1.807) is 37.2 Å². The fourth-order valence-electron chi connectivity index (χ4n) is 4.04. The topological polar surface area (TPSA) is 98.3 Å². The van der Waals surface area contributed by atoms with Gasteiger partial charge in [-0.25, -0.2) is 4.18 Å². The number of pyridine rings is 1. The summed E-state index contributed by atoms with van der Waals surface area (Å²) in [7, 11) is -1.35. The summed E-state index contributed by atoms with van der Waals surface area (Å²) in [6.45, 7) is 2.07. The lowest BCUT2D eigenvalue weighted by atomic mass is 10.1. The molecule has 2 aromatic carbocycles. The number of hydrogen-bond acceptors (Lipinski definition) is 9. The number of hydrogen-bond donors (Lipinski definition) is 0. The minimum atomic E-state index is -5.10. The molecular weight excluding hydrogens is 527 g/mol. The predicted octanol–water partition coefficient (Wildman–Crippen LogP) is 3.55. The number of halogens is 3. The molecule has 1 aliphatic heterocycles.